The van der Waals surface area contributed by atoms with Crippen LogP contribution in [0.1, 0.15) is 54.4 Å². The first-order valence-corrected chi connectivity index (χ1v) is 5.58. The van der Waals surface area contributed by atoms with Gasteiger partial charge in [0.15, 0.2) is 5.78 Å². The third kappa shape index (κ3) is 7.12. The van der Waals surface area contributed by atoms with E-state index in [2.05, 4.69) is 19.9 Å². The molecule has 0 unspecified atom stereocenters. The molecule has 0 aromatic rings. The standard InChI is InChI=1S/C14H24O/c1-11(2)8-7-9-12(3)10-13(15)14(4,5)6/h8,10H,7,9H2,1-6H3/b12-10+. The van der Waals surface area contributed by atoms with Crippen molar-refractivity contribution in [2.75, 3.05) is 0 Å². The van der Waals surface area contributed by atoms with Gasteiger partial charge in [0.1, 0.15) is 0 Å². The highest BCUT2D eigenvalue weighted by atomic mass is 16.1. The van der Waals surface area contributed by atoms with Gasteiger partial charge < -0.3 is 0 Å². The van der Waals surface area contributed by atoms with E-state index in [0.717, 1.165) is 12.8 Å². The minimum absolute atomic E-state index is 0.220. The van der Waals surface area contributed by atoms with Crippen molar-refractivity contribution < 1.29 is 4.79 Å². The number of rotatable bonds is 4. The average Bonchev–Trinajstić information content (AvgIpc) is 2.01. The van der Waals surface area contributed by atoms with Gasteiger partial charge in [-0.05, 0) is 39.7 Å². The van der Waals surface area contributed by atoms with E-state index >= 15 is 0 Å². The maximum absolute atomic E-state index is 11.7. The lowest BCUT2D eigenvalue weighted by atomic mass is 9.89. The van der Waals surface area contributed by atoms with Crippen molar-refractivity contribution in [3.8, 4) is 0 Å². The summed E-state index contributed by atoms with van der Waals surface area (Å²) in [4.78, 5) is 11.7. The fourth-order valence-corrected chi connectivity index (χ4v) is 1.10. The van der Waals surface area contributed by atoms with Crippen LogP contribution in [-0.2, 0) is 4.79 Å². The van der Waals surface area contributed by atoms with Gasteiger partial charge in [-0.1, -0.05) is 38.0 Å². The monoisotopic (exact) mass is 208 g/mol. The van der Waals surface area contributed by atoms with Crippen molar-refractivity contribution >= 4 is 5.78 Å². The maximum Gasteiger partial charge on any atom is 0.160 e. The molecule has 0 aromatic carbocycles. The Morgan fingerprint density at radius 2 is 1.67 bits per heavy atom. The molecule has 1 heteroatoms. The molecule has 0 rings (SSSR count). The van der Waals surface area contributed by atoms with Gasteiger partial charge in [-0.2, -0.15) is 0 Å². The Bertz CT molecular complexity index is 270. The number of hydrogen-bond acceptors (Lipinski definition) is 1. The molecule has 0 bridgehead atoms. The molecule has 0 radical (unpaired) electrons. The summed E-state index contributed by atoms with van der Waals surface area (Å²) in [5, 5.41) is 0. The van der Waals surface area contributed by atoms with Crippen LogP contribution in [0.25, 0.3) is 0 Å². The lowest BCUT2D eigenvalue weighted by molar-refractivity contribution is -0.121. The molecule has 0 saturated carbocycles. The van der Waals surface area contributed by atoms with Crippen LogP contribution in [0.4, 0.5) is 0 Å². The summed E-state index contributed by atoms with van der Waals surface area (Å²) in [6.45, 7) is 12.1. The molecular formula is C14H24O. The highest BCUT2D eigenvalue weighted by Gasteiger charge is 2.18. The molecule has 0 aliphatic rings. The van der Waals surface area contributed by atoms with Crippen LogP contribution in [0.5, 0.6) is 0 Å². The van der Waals surface area contributed by atoms with Gasteiger partial charge in [-0.15, -0.1) is 0 Å². The Balaban J connectivity index is 4.22. The molecule has 0 aromatic heterocycles. The minimum atomic E-state index is -0.252. The highest BCUT2D eigenvalue weighted by Crippen LogP contribution is 2.17. The van der Waals surface area contributed by atoms with E-state index in [1.807, 2.05) is 27.7 Å². The molecule has 0 N–H and O–H groups in total. The first kappa shape index (κ1) is 14.2. The second kappa shape index (κ2) is 5.89. The summed E-state index contributed by atoms with van der Waals surface area (Å²) in [5.74, 6) is 0.220. The van der Waals surface area contributed by atoms with Gasteiger partial charge in [0.2, 0.25) is 0 Å². The van der Waals surface area contributed by atoms with Gasteiger partial charge in [-0.25, -0.2) is 0 Å². The Labute approximate surface area is 94.3 Å². The molecule has 1 nitrogen and oxygen atoms in total. The Hall–Kier alpha value is -0.850. The molecule has 15 heavy (non-hydrogen) atoms. The molecule has 0 fully saturated rings. The van der Waals surface area contributed by atoms with Crippen molar-refractivity contribution in [1.29, 1.82) is 0 Å². The quantitative estimate of drug-likeness (QED) is 0.497. The molecule has 86 valence electrons. The lowest BCUT2D eigenvalue weighted by Gasteiger charge is -2.14. The molecule has 0 amide bonds. The van der Waals surface area contributed by atoms with Crippen LogP contribution in [-0.4, -0.2) is 5.78 Å². The summed E-state index contributed by atoms with van der Waals surface area (Å²) in [7, 11) is 0. The van der Waals surface area contributed by atoms with Crippen LogP contribution in [0.2, 0.25) is 0 Å². The maximum atomic E-state index is 11.7. The summed E-state index contributed by atoms with van der Waals surface area (Å²) in [6.07, 6.45) is 6.01. The first-order valence-electron chi connectivity index (χ1n) is 5.58. The topological polar surface area (TPSA) is 17.1 Å². The van der Waals surface area contributed by atoms with E-state index in [1.54, 1.807) is 6.08 Å². The Morgan fingerprint density at radius 1 is 1.13 bits per heavy atom. The fraction of sp³-hybridized carbons (Fsp3) is 0.643. The summed E-state index contributed by atoms with van der Waals surface area (Å²) in [5.41, 5.74) is 2.26. The largest absolute Gasteiger partial charge is 0.294 e. The summed E-state index contributed by atoms with van der Waals surface area (Å²) >= 11 is 0. The number of allylic oxidation sites excluding steroid dienone is 4. The second-order valence-electron chi connectivity index (χ2n) is 5.43. The van der Waals surface area contributed by atoms with Crippen LogP contribution in [0.3, 0.4) is 0 Å². The highest BCUT2D eigenvalue weighted by molar-refractivity contribution is 5.94. The molecule has 0 heterocycles. The van der Waals surface area contributed by atoms with Gasteiger partial charge in [0.05, 0.1) is 0 Å². The smallest absolute Gasteiger partial charge is 0.160 e. The van der Waals surface area contributed by atoms with Crippen LogP contribution in [0.15, 0.2) is 23.3 Å². The van der Waals surface area contributed by atoms with E-state index in [-0.39, 0.29) is 11.2 Å². The van der Waals surface area contributed by atoms with E-state index < -0.39 is 0 Å². The fourth-order valence-electron chi connectivity index (χ4n) is 1.10. The average molecular weight is 208 g/mol. The Morgan fingerprint density at radius 3 is 2.07 bits per heavy atom. The molecule has 0 atom stereocenters. The normalized spacial score (nSPS) is 12.5. The third-order valence-electron chi connectivity index (χ3n) is 2.21. The van der Waals surface area contributed by atoms with E-state index in [0.29, 0.717) is 0 Å². The first-order chi connectivity index (χ1) is 6.73. The van der Waals surface area contributed by atoms with Gasteiger partial charge >= 0.3 is 0 Å². The van der Waals surface area contributed by atoms with Crippen molar-refractivity contribution in [2.24, 2.45) is 5.41 Å². The number of carbonyl (C=O) groups excluding carboxylic acids is 1. The predicted molar refractivity (Wildman–Crippen MR) is 66.9 cm³/mol. The summed E-state index contributed by atoms with van der Waals surface area (Å²) < 4.78 is 0. The molecule has 0 saturated heterocycles. The lowest BCUT2D eigenvalue weighted by Crippen LogP contribution is -2.17. The minimum Gasteiger partial charge on any atom is -0.294 e. The van der Waals surface area contributed by atoms with E-state index in [1.165, 1.54) is 11.1 Å². The zero-order valence-electron chi connectivity index (χ0n) is 11.0. The van der Waals surface area contributed by atoms with E-state index in [9.17, 15) is 4.79 Å². The SMILES string of the molecule is CC(C)=CCC/C(C)=C/C(=O)C(C)(C)C. The molecule has 0 spiro atoms. The van der Waals surface area contributed by atoms with E-state index in [4.69, 9.17) is 0 Å². The predicted octanol–water partition coefficient (Wildman–Crippen LogP) is 4.29. The van der Waals surface area contributed by atoms with Crippen molar-refractivity contribution in [1.82, 2.24) is 0 Å². The van der Waals surface area contributed by atoms with Crippen molar-refractivity contribution in [3.05, 3.63) is 23.3 Å². The summed E-state index contributed by atoms with van der Waals surface area (Å²) in [6, 6.07) is 0. The van der Waals surface area contributed by atoms with Gasteiger partial charge in [0.25, 0.3) is 0 Å². The number of carbonyl (C=O) groups is 1. The van der Waals surface area contributed by atoms with Crippen LogP contribution < -0.4 is 0 Å². The zero-order chi connectivity index (χ0) is 12.1. The second-order valence-corrected chi connectivity index (χ2v) is 5.43. The number of ketones is 1. The van der Waals surface area contributed by atoms with Gasteiger partial charge in [0, 0.05) is 5.41 Å². The molecule has 0 aliphatic heterocycles. The number of hydrogen-bond donors (Lipinski definition) is 0. The van der Waals surface area contributed by atoms with Crippen LogP contribution in [0, 0.1) is 5.41 Å². The van der Waals surface area contributed by atoms with Gasteiger partial charge in [-0.3, -0.25) is 4.79 Å². The van der Waals surface area contributed by atoms with Crippen molar-refractivity contribution in [2.45, 2.75) is 54.4 Å². The third-order valence-corrected chi connectivity index (χ3v) is 2.21. The molecule has 0 aliphatic carbocycles. The van der Waals surface area contributed by atoms with Crippen LogP contribution >= 0.6 is 0 Å². The Kier molecular flexibility index (Phi) is 5.56. The van der Waals surface area contributed by atoms with Crippen molar-refractivity contribution in [3.63, 3.8) is 0 Å². The molecular weight excluding hydrogens is 184 g/mol. The zero-order valence-corrected chi connectivity index (χ0v) is 11.0.